The Morgan fingerprint density at radius 2 is 2.05 bits per heavy atom. The molecule has 0 spiro atoms. The standard InChI is InChI=1S/C17H24N4/c1-17(2)13-18-16(15-7-5-4-6-8-15)12-21(17)11-14-9-19-20(3)10-14/h4-10,16,18H,11-13H2,1-3H3. The maximum atomic E-state index is 4.28. The van der Waals surface area contributed by atoms with Gasteiger partial charge in [-0.3, -0.25) is 9.58 Å². The van der Waals surface area contributed by atoms with Gasteiger partial charge in [-0.1, -0.05) is 30.3 Å². The number of aromatic nitrogens is 2. The van der Waals surface area contributed by atoms with Crippen molar-refractivity contribution >= 4 is 0 Å². The van der Waals surface area contributed by atoms with E-state index in [-0.39, 0.29) is 5.54 Å². The zero-order chi connectivity index (χ0) is 14.9. The van der Waals surface area contributed by atoms with Gasteiger partial charge in [-0.25, -0.2) is 0 Å². The van der Waals surface area contributed by atoms with E-state index in [0.29, 0.717) is 6.04 Å². The first kappa shape index (κ1) is 14.3. The van der Waals surface area contributed by atoms with Crippen LogP contribution in [0.5, 0.6) is 0 Å². The fourth-order valence-corrected chi connectivity index (χ4v) is 2.98. The van der Waals surface area contributed by atoms with E-state index in [2.05, 4.69) is 65.7 Å². The van der Waals surface area contributed by atoms with Crippen LogP contribution in [0, 0.1) is 0 Å². The van der Waals surface area contributed by atoms with E-state index in [4.69, 9.17) is 0 Å². The van der Waals surface area contributed by atoms with Crippen molar-refractivity contribution in [2.24, 2.45) is 7.05 Å². The summed E-state index contributed by atoms with van der Waals surface area (Å²) in [5.74, 6) is 0. The molecule has 0 saturated carbocycles. The molecule has 4 heteroatoms. The van der Waals surface area contributed by atoms with Crippen LogP contribution in [0.15, 0.2) is 42.7 Å². The van der Waals surface area contributed by atoms with Crippen molar-refractivity contribution in [1.82, 2.24) is 20.0 Å². The van der Waals surface area contributed by atoms with E-state index in [0.717, 1.165) is 19.6 Å². The molecule has 1 unspecified atom stereocenters. The summed E-state index contributed by atoms with van der Waals surface area (Å²) in [5.41, 5.74) is 2.80. The highest BCUT2D eigenvalue weighted by Gasteiger charge is 2.34. The Kier molecular flexibility index (Phi) is 3.83. The fraction of sp³-hybridized carbons (Fsp3) is 0.471. The second kappa shape index (κ2) is 5.62. The predicted octanol–water partition coefficient (Wildman–Crippen LogP) is 2.35. The zero-order valence-corrected chi connectivity index (χ0v) is 13.1. The van der Waals surface area contributed by atoms with Crippen LogP contribution in [-0.4, -0.2) is 33.3 Å². The topological polar surface area (TPSA) is 33.1 Å². The van der Waals surface area contributed by atoms with Crippen molar-refractivity contribution in [3.63, 3.8) is 0 Å². The smallest absolute Gasteiger partial charge is 0.0534 e. The van der Waals surface area contributed by atoms with Crippen molar-refractivity contribution in [3.8, 4) is 0 Å². The van der Waals surface area contributed by atoms with Crippen LogP contribution in [-0.2, 0) is 13.6 Å². The van der Waals surface area contributed by atoms with Gasteiger partial charge in [0.1, 0.15) is 0 Å². The molecule has 21 heavy (non-hydrogen) atoms. The van der Waals surface area contributed by atoms with E-state index < -0.39 is 0 Å². The summed E-state index contributed by atoms with van der Waals surface area (Å²) in [5, 5.41) is 7.97. The fourth-order valence-electron chi connectivity index (χ4n) is 2.98. The molecule has 1 atom stereocenters. The van der Waals surface area contributed by atoms with Crippen LogP contribution in [0.25, 0.3) is 0 Å². The molecule has 1 aromatic carbocycles. The molecule has 0 amide bonds. The minimum Gasteiger partial charge on any atom is -0.307 e. The highest BCUT2D eigenvalue weighted by atomic mass is 15.3. The van der Waals surface area contributed by atoms with E-state index in [9.17, 15) is 0 Å². The lowest BCUT2D eigenvalue weighted by Gasteiger charge is -2.46. The summed E-state index contributed by atoms with van der Waals surface area (Å²) >= 11 is 0. The molecule has 1 fully saturated rings. The average Bonchev–Trinajstić information content (AvgIpc) is 2.87. The van der Waals surface area contributed by atoms with Crippen molar-refractivity contribution in [2.45, 2.75) is 32.0 Å². The Hall–Kier alpha value is -1.65. The quantitative estimate of drug-likeness (QED) is 0.939. The number of rotatable bonds is 3. The van der Waals surface area contributed by atoms with Crippen LogP contribution >= 0.6 is 0 Å². The second-order valence-electron chi connectivity index (χ2n) is 6.56. The third-order valence-electron chi connectivity index (χ3n) is 4.37. The van der Waals surface area contributed by atoms with Crippen LogP contribution in [0.3, 0.4) is 0 Å². The monoisotopic (exact) mass is 284 g/mol. The molecular weight excluding hydrogens is 260 g/mol. The lowest BCUT2D eigenvalue weighted by molar-refractivity contribution is 0.0583. The van der Waals surface area contributed by atoms with Crippen molar-refractivity contribution in [1.29, 1.82) is 0 Å². The third kappa shape index (κ3) is 3.17. The van der Waals surface area contributed by atoms with Gasteiger partial charge in [0.15, 0.2) is 0 Å². The van der Waals surface area contributed by atoms with Crippen molar-refractivity contribution < 1.29 is 0 Å². The van der Waals surface area contributed by atoms with Crippen LogP contribution in [0.2, 0.25) is 0 Å². The first-order chi connectivity index (χ1) is 10.0. The Labute approximate surface area is 126 Å². The SMILES string of the molecule is Cn1cc(CN2CC(c3ccccc3)NCC2(C)C)cn1. The Morgan fingerprint density at radius 3 is 2.71 bits per heavy atom. The minimum atomic E-state index is 0.154. The van der Waals surface area contributed by atoms with Gasteiger partial charge in [0, 0.05) is 50.0 Å². The molecule has 1 aliphatic rings. The molecule has 4 nitrogen and oxygen atoms in total. The van der Waals surface area contributed by atoms with Gasteiger partial charge in [-0.15, -0.1) is 0 Å². The molecular formula is C17H24N4. The number of nitrogens with one attached hydrogen (secondary N) is 1. The highest BCUT2D eigenvalue weighted by Crippen LogP contribution is 2.27. The summed E-state index contributed by atoms with van der Waals surface area (Å²) in [6.07, 6.45) is 4.07. The molecule has 1 aromatic heterocycles. The van der Waals surface area contributed by atoms with E-state index in [1.165, 1.54) is 11.1 Å². The molecule has 1 saturated heterocycles. The Morgan fingerprint density at radius 1 is 1.29 bits per heavy atom. The van der Waals surface area contributed by atoms with Crippen molar-refractivity contribution in [3.05, 3.63) is 53.9 Å². The molecule has 1 aliphatic heterocycles. The number of aryl methyl sites for hydroxylation is 1. The molecule has 1 N–H and O–H groups in total. The number of hydrogen-bond acceptors (Lipinski definition) is 3. The minimum absolute atomic E-state index is 0.154. The molecule has 3 rings (SSSR count). The summed E-state index contributed by atoms with van der Waals surface area (Å²) < 4.78 is 1.87. The maximum Gasteiger partial charge on any atom is 0.0534 e. The largest absolute Gasteiger partial charge is 0.307 e. The summed E-state index contributed by atoms with van der Waals surface area (Å²) in [4.78, 5) is 2.55. The molecule has 2 aromatic rings. The number of benzene rings is 1. The molecule has 0 radical (unpaired) electrons. The third-order valence-corrected chi connectivity index (χ3v) is 4.37. The molecule has 112 valence electrons. The predicted molar refractivity (Wildman–Crippen MR) is 84.9 cm³/mol. The maximum absolute atomic E-state index is 4.28. The zero-order valence-electron chi connectivity index (χ0n) is 13.1. The van der Waals surface area contributed by atoms with Gasteiger partial charge in [0.05, 0.1) is 6.20 Å². The van der Waals surface area contributed by atoms with E-state index in [1.54, 1.807) is 0 Å². The van der Waals surface area contributed by atoms with Crippen molar-refractivity contribution in [2.75, 3.05) is 13.1 Å². The lowest BCUT2D eigenvalue weighted by atomic mass is 9.94. The van der Waals surface area contributed by atoms with Crippen LogP contribution in [0.4, 0.5) is 0 Å². The van der Waals surface area contributed by atoms with Gasteiger partial charge < -0.3 is 5.32 Å². The second-order valence-corrected chi connectivity index (χ2v) is 6.56. The summed E-state index contributed by atoms with van der Waals surface area (Å²) in [6, 6.07) is 11.1. The summed E-state index contributed by atoms with van der Waals surface area (Å²) in [7, 11) is 1.97. The number of hydrogen-bond donors (Lipinski definition) is 1. The molecule has 0 bridgehead atoms. The Bertz CT molecular complexity index is 588. The van der Waals surface area contributed by atoms with Gasteiger partial charge in [-0.2, -0.15) is 5.10 Å². The van der Waals surface area contributed by atoms with E-state index in [1.807, 2.05) is 17.9 Å². The first-order valence-corrected chi connectivity index (χ1v) is 7.55. The molecule has 2 heterocycles. The van der Waals surface area contributed by atoms with Gasteiger partial charge >= 0.3 is 0 Å². The highest BCUT2D eigenvalue weighted by molar-refractivity contribution is 5.21. The van der Waals surface area contributed by atoms with Gasteiger partial charge in [0.2, 0.25) is 0 Å². The van der Waals surface area contributed by atoms with Gasteiger partial charge in [0.25, 0.3) is 0 Å². The number of piperazine rings is 1. The van der Waals surface area contributed by atoms with Gasteiger partial charge in [-0.05, 0) is 19.4 Å². The average molecular weight is 284 g/mol. The number of nitrogens with zero attached hydrogens (tertiary/aromatic N) is 3. The summed E-state index contributed by atoms with van der Waals surface area (Å²) in [6.45, 7) is 7.57. The van der Waals surface area contributed by atoms with Crippen LogP contribution in [0.1, 0.15) is 31.0 Å². The lowest BCUT2D eigenvalue weighted by Crippen LogP contribution is -2.58. The normalized spacial score (nSPS) is 22.3. The Balaban J connectivity index is 1.76. The first-order valence-electron chi connectivity index (χ1n) is 7.55. The molecule has 0 aliphatic carbocycles. The van der Waals surface area contributed by atoms with Crippen LogP contribution < -0.4 is 5.32 Å². The van der Waals surface area contributed by atoms with E-state index >= 15 is 0 Å².